The van der Waals surface area contributed by atoms with Crippen molar-refractivity contribution in [1.29, 1.82) is 0 Å². The first kappa shape index (κ1) is 20.6. The van der Waals surface area contributed by atoms with E-state index in [1.165, 1.54) is 21.7 Å². The molecule has 0 amide bonds. The van der Waals surface area contributed by atoms with Crippen LogP contribution in [-0.4, -0.2) is 6.16 Å². The van der Waals surface area contributed by atoms with Crippen molar-refractivity contribution in [3.63, 3.8) is 0 Å². The van der Waals surface area contributed by atoms with Gasteiger partial charge in [0.1, 0.15) is 0 Å². The summed E-state index contributed by atoms with van der Waals surface area (Å²) in [6.45, 7) is 4.30. The number of halogens is 1. The number of rotatable bonds is 6. The first-order valence-corrected chi connectivity index (χ1v) is 11.1. The van der Waals surface area contributed by atoms with E-state index in [4.69, 9.17) is 0 Å². The highest BCUT2D eigenvalue weighted by Crippen LogP contribution is 2.59. The van der Waals surface area contributed by atoms with Crippen LogP contribution in [0.5, 0.6) is 0 Å². The topological polar surface area (TPSA) is 0 Å². The molecule has 0 heterocycles. The molecule has 0 N–H and O–H groups in total. The van der Waals surface area contributed by atoms with Gasteiger partial charge in [-0.05, 0) is 43.7 Å². The fraction of sp³-hybridized carbons (Fsp3) is 0.167. The summed E-state index contributed by atoms with van der Waals surface area (Å²) < 4.78 is 0. The fourth-order valence-corrected chi connectivity index (χ4v) is 7.53. The number of hydrogen-bond acceptors (Lipinski definition) is 0. The minimum Gasteiger partial charge on any atom is -0.114 e. The van der Waals surface area contributed by atoms with Crippen LogP contribution >= 0.6 is 24.2 Å². The Morgan fingerprint density at radius 2 is 1.35 bits per heavy atom. The van der Waals surface area contributed by atoms with E-state index < -0.39 is 7.26 Å². The second kappa shape index (κ2) is 9.86. The number of allylic oxidation sites excluding steroid dienone is 2. The second-order valence-corrected chi connectivity index (χ2v) is 10.2. The van der Waals surface area contributed by atoms with Gasteiger partial charge in [-0.15, -0.1) is 17.0 Å². The Kier molecular flexibility index (Phi) is 7.82. The molecule has 0 aromatic heterocycles. The van der Waals surface area contributed by atoms with Crippen LogP contribution in [-0.2, 0) is 6.16 Å². The van der Waals surface area contributed by atoms with Crippen LogP contribution in [0.2, 0.25) is 0 Å². The summed E-state index contributed by atoms with van der Waals surface area (Å²) in [6, 6.07) is 31.2. The largest absolute Gasteiger partial charge is 0.114 e. The second-order valence-electron chi connectivity index (χ2n) is 6.54. The Hall–Kier alpha value is -1.69. The van der Waals surface area contributed by atoms with Crippen LogP contribution in [0.4, 0.5) is 0 Å². The highest BCUT2D eigenvalue weighted by atomic mass is 79.9. The molecule has 0 saturated carbocycles. The Morgan fingerprint density at radius 1 is 0.769 bits per heavy atom. The van der Waals surface area contributed by atoms with Gasteiger partial charge in [-0.25, -0.2) is 0 Å². The van der Waals surface area contributed by atoms with Gasteiger partial charge >= 0.3 is 0 Å². The van der Waals surface area contributed by atoms with Gasteiger partial charge in [0.25, 0.3) is 0 Å². The maximum absolute atomic E-state index is 2.35. The number of aryl methyl sites for hydroxylation is 1. The molecule has 3 aromatic carbocycles. The van der Waals surface area contributed by atoms with Crippen molar-refractivity contribution in [2.45, 2.75) is 20.0 Å². The van der Waals surface area contributed by atoms with Crippen LogP contribution in [0, 0.1) is 6.92 Å². The summed E-state index contributed by atoms with van der Waals surface area (Å²) >= 11 is 0. The van der Waals surface area contributed by atoms with Crippen molar-refractivity contribution in [3.05, 3.63) is 108 Å². The molecule has 0 aliphatic rings. The van der Waals surface area contributed by atoms with Gasteiger partial charge in [0.2, 0.25) is 0 Å². The zero-order valence-corrected chi connectivity index (χ0v) is 18.1. The molecule has 0 nitrogen and oxygen atoms in total. The summed E-state index contributed by atoms with van der Waals surface area (Å²) in [7, 11) is -1.55. The van der Waals surface area contributed by atoms with Crippen LogP contribution in [0.1, 0.15) is 18.1 Å². The van der Waals surface area contributed by atoms with Crippen molar-refractivity contribution in [2.24, 2.45) is 0 Å². The molecule has 0 bridgehead atoms. The summed E-state index contributed by atoms with van der Waals surface area (Å²) in [5, 5.41) is 2.97. The van der Waals surface area contributed by atoms with Crippen molar-refractivity contribution >= 4 is 34.9 Å². The summed E-state index contributed by atoms with van der Waals surface area (Å²) in [6.07, 6.45) is 6.75. The summed E-state index contributed by atoms with van der Waals surface area (Å²) in [5.41, 5.74) is 2.77. The van der Waals surface area contributed by atoms with E-state index >= 15 is 0 Å². The van der Waals surface area contributed by atoms with E-state index in [2.05, 4.69) is 111 Å². The van der Waals surface area contributed by atoms with Crippen molar-refractivity contribution in [1.82, 2.24) is 0 Å². The lowest BCUT2D eigenvalue weighted by Gasteiger charge is -2.27. The van der Waals surface area contributed by atoms with Gasteiger partial charge in [-0.1, -0.05) is 78.4 Å². The predicted octanol–water partition coefficient (Wildman–Crippen LogP) is 6.32. The van der Waals surface area contributed by atoms with Gasteiger partial charge in [0.05, 0.1) is 30.2 Å². The zero-order chi connectivity index (χ0) is 17.5. The third-order valence-electron chi connectivity index (χ3n) is 4.69. The van der Waals surface area contributed by atoms with Gasteiger partial charge in [-0.2, -0.15) is 0 Å². The van der Waals surface area contributed by atoms with Crippen LogP contribution < -0.4 is 10.6 Å². The van der Waals surface area contributed by atoms with Gasteiger partial charge < -0.3 is 0 Å². The van der Waals surface area contributed by atoms with Crippen molar-refractivity contribution in [2.75, 3.05) is 6.16 Å². The van der Waals surface area contributed by atoms with Crippen molar-refractivity contribution < 1.29 is 0 Å². The molecule has 2 heteroatoms. The molecule has 134 valence electrons. The molecule has 0 spiro atoms. The lowest BCUT2D eigenvalue weighted by atomic mass is 10.2. The maximum atomic E-state index is 2.35. The Bertz CT molecular complexity index is 786. The molecule has 3 rings (SSSR count). The molecular formula is C24H27BrP+. The Balaban J connectivity index is 0.00000243. The van der Waals surface area contributed by atoms with E-state index in [0.29, 0.717) is 0 Å². The lowest BCUT2D eigenvalue weighted by molar-refractivity contribution is 1.33. The highest BCUT2D eigenvalue weighted by Gasteiger charge is 2.41. The molecule has 3 aromatic rings. The molecule has 0 aliphatic carbocycles. The SMILES string of the molecule is Br.C/C=C/C[P+](Cc1cccc(C)c1)(c1ccccc1)c1ccccc1. The van der Waals surface area contributed by atoms with Crippen LogP contribution in [0.25, 0.3) is 0 Å². The molecule has 0 fully saturated rings. The summed E-state index contributed by atoms with van der Waals surface area (Å²) in [4.78, 5) is 0. The number of hydrogen-bond donors (Lipinski definition) is 0. The van der Waals surface area contributed by atoms with E-state index in [1.54, 1.807) is 0 Å². The summed E-state index contributed by atoms with van der Waals surface area (Å²) in [5.74, 6) is 0. The minimum atomic E-state index is -1.55. The third kappa shape index (κ3) is 4.72. The molecular weight excluding hydrogens is 399 g/mol. The van der Waals surface area contributed by atoms with E-state index in [0.717, 1.165) is 12.3 Å². The molecule has 0 unspecified atom stereocenters. The molecule has 0 saturated heterocycles. The van der Waals surface area contributed by atoms with Crippen molar-refractivity contribution in [3.8, 4) is 0 Å². The minimum absolute atomic E-state index is 0. The fourth-order valence-electron chi connectivity index (χ4n) is 3.44. The molecule has 0 atom stereocenters. The van der Waals surface area contributed by atoms with E-state index in [9.17, 15) is 0 Å². The van der Waals surface area contributed by atoms with Gasteiger partial charge in [0.15, 0.2) is 0 Å². The van der Waals surface area contributed by atoms with E-state index in [1.807, 2.05) is 0 Å². The first-order chi connectivity index (χ1) is 12.2. The lowest BCUT2D eigenvalue weighted by Crippen LogP contribution is -2.26. The quantitative estimate of drug-likeness (QED) is 0.320. The zero-order valence-electron chi connectivity index (χ0n) is 15.5. The number of benzene rings is 3. The highest BCUT2D eigenvalue weighted by molar-refractivity contribution is 8.93. The van der Waals surface area contributed by atoms with Gasteiger partial charge in [-0.3, -0.25) is 0 Å². The normalized spacial score (nSPS) is 11.3. The average molecular weight is 426 g/mol. The van der Waals surface area contributed by atoms with Crippen LogP contribution in [0.3, 0.4) is 0 Å². The standard InChI is InChI=1S/C24H26P.BrH/c1-3-4-18-25(23-14-7-5-8-15-23,24-16-9-6-10-17-24)20-22-13-11-12-21(2)19-22;/h3-17,19H,18,20H2,1-2H3;1H/q+1;/b4-3+;. The Labute approximate surface area is 169 Å². The molecule has 26 heavy (non-hydrogen) atoms. The first-order valence-electron chi connectivity index (χ1n) is 8.89. The smallest absolute Gasteiger partial charge is 0.0998 e. The Morgan fingerprint density at radius 3 is 1.85 bits per heavy atom. The van der Waals surface area contributed by atoms with E-state index in [-0.39, 0.29) is 17.0 Å². The third-order valence-corrected chi connectivity index (χ3v) is 9.00. The monoisotopic (exact) mass is 425 g/mol. The molecule has 0 aliphatic heterocycles. The van der Waals surface area contributed by atoms with Gasteiger partial charge in [0, 0.05) is 0 Å². The molecule has 0 radical (unpaired) electrons. The average Bonchev–Trinajstić information content (AvgIpc) is 2.67. The predicted molar refractivity (Wildman–Crippen MR) is 124 cm³/mol. The maximum Gasteiger partial charge on any atom is 0.0998 e. The van der Waals surface area contributed by atoms with Crippen LogP contribution in [0.15, 0.2) is 97.1 Å².